The lowest BCUT2D eigenvalue weighted by Crippen LogP contribution is -2.13. The van der Waals surface area contributed by atoms with E-state index < -0.39 is 0 Å². The molecule has 1 atom stereocenters. The minimum Gasteiger partial charge on any atom is -0.493 e. The van der Waals surface area contributed by atoms with Crippen molar-refractivity contribution in [1.82, 2.24) is 0 Å². The number of fused-ring (bicyclic) bond motifs is 1. The van der Waals surface area contributed by atoms with Gasteiger partial charge in [0, 0.05) is 27.1 Å². The highest BCUT2D eigenvalue weighted by molar-refractivity contribution is 6.41. The van der Waals surface area contributed by atoms with Crippen LogP contribution in [0.25, 0.3) is 0 Å². The van der Waals surface area contributed by atoms with Crippen LogP contribution in [0, 0.1) is 0 Å². The van der Waals surface area contributed by atoms with Gasteiger partial charge in [-0.05, 0) is 23.7 Å². The van der Waals surface area contributed by atoms with Crippen LogP contribution in [0.1, 0.15) is 23.5 Å². The highest BCUT2D eigenvalue weighted by Gasteiger charge is 2.30. The van der Waals surface area contributed by atoms with Crippen molar-refractivity contribution < 1.29 is 19.0 Å². The van der Waals surface area contributed by atoms with Crippen LogP contribution in [0.15, 0.2) is 24.3 Å². The monoisotopic (exact) mass is 412 g/mol. The van der Waals surface area contributed by atoms with E-state index in [0.29, 0.717) is 33.2 Å². The third-order valence-electron chi connectivity index (χ3n) is 4.34. The van der Waals surface area contributed by atoms with Crippen molar-refractivity contribution in [3.63, 3.8) is 0 Å². The first-order chi connectivity index (χ1) is 12.4. The van der Waals surface area contributed by atoms with Crippen LogP contribution in [-0.4, -0.2) is 27.5 Å². The van der Waals surface area contributed by atoms with E-state index in [-0.39, 0.29) is 24.9 Å². The van der Waals surface area contributed by atoms with Crippen LogP contribution in [-0.2, 0) is 16.1 Å². The Balaban J connectivity index is 1.83. The van der Waals surface area contributed by atoms with E-state index in [1.807, 2.05) is 13.9 Å². The molecule has 0 N–H and O–H groups in total. The molecule has 0 bridgehead atoms. The zero-order valence-electron chi connectivity index (χ0n) is 14.3. The molecule has 3 rings (SSSR count). The van der Waals surface area contributed by atoms with Gasteiger partial charge in [-0.1, -0.05) is 40.9 Å². The molecule has 0 aromatic heterocycles. The number of rotatable bonds is 5. The average Bonchev–Trinajstić information content (AvgIpc) is 2.99. The number of ether oxygens (including phenoxy) is 3. The Morgan fingerprint density at radius 2 is 2.04 bits per heavy atom. The minimum atomic E-state index is -0.280. The fourth-order valence-electron chi connectivity index (χ4n) is 2.95. The summed E-state index contributed by atoms with van der Waals surface area (Å²) in [6.07, 6.45) is 0.250. The van der Waals surface area contributed by atoms with Crippen LogP contribution < -0.4 is 14.9 Å². The van der Waals surface area contributed by atoms with Crippen molar-refractivity contribution in [2.75, 3.05) is 13.7 Å². The summed E-state index contributed by atoms with van der Waals surface area (Å²) in [5.41, 5.74) is 2.50. The molecule has 1 aliphatic rings. The average molecular weight is 413 g/mol. The van der Waals surface area contributed by atoms with Crippen LogP contribution >= 0.6 is 34.8 Å². The second kappa shape index (κ2) is 7.99. The second-order valence-electron chi connectivity index (χ2n) is 6.04. The van der Waals surface area contributed by atoms with E-state index in [1.165, 1.54) is 7.11 Å². The first-order valence-corrected chi connectivity index (χ1v) is 9.13. The molecule has 0 radical (unpaired) electrons. The number of halogens is 3. The molecule has 0 aliphatic carbocycles. The van der Waals surface area contributed by atoms with Gasteiger partial charge in [-0.15, -0.1) is 0 Å². The molecule has 0 fully saturated rings. The summed E-state index contributed by atoms with van der Waals surface area (Å²) in [5, 5.41) is 1.56. The molecule has 0 saturated heterocycles. The molecule has 136 valence electrons. The quantitative estimate of drug-likeness (QED) is 0.556. The number of methoxy groups -OCH3 is 1. The summed E-state index contributed by atoms with van der Waals surface area (Å²) >= 11 is 18.5. The standard InChI is InChI=1S/C18H16BCl3O4/c1-24-15(23)4-10-8-25-17-12(10)6-14(22)18(16(17)19)26-7-9-2-3-11(20)5-13(9)21/h2-3,5-6,10H,4,7-8,19H2,1H3/t10-/m1/s1. The summed E-state index contributed by atoms with van der Waals surface area (Å²) in [6.45, 7) is 0.662. The molecule has 26 heavy (non-hydrogen) atoms. The van der Waals surface area contributed by atoms with Gasteiger partial charge in [0.05, 0.1) is 25.2 Å². The highest BCUT2D eigenvalue weighted by atomic mass is 35.5. The van der Waals surface area contributed by atoms with Crippen LogP contribution in [0.5, 0.6) is 11.5 Å². The molecule has 0 spiro atoms. The molecule has 0 unspecified atom stereocenters. The molecule has 0 saturated carbocycles. The van der Waals surface area contributed by atoms with Gasteiger partial charge in [0.25, 0.3) is 0 Å². The van der Waals surface area contributed by atoms with E-state index in [1.54, 1.807) is 18.2 Å². The smallest absolute Gasteiger partial charge is 0.306 e. The number of hydrogen-bond donors (Lipinski definition) is 0. The molecule has 2 aromatic carbocycles. The summed E-state index contributed by atoms with van der Waals surface area (Å²) in [5.74, 6) is 0.891. The third kappa shape index (κ3) is 3.90. The Bertz CT molecular complexity index is 857. The Morgan fingerprint density at radius 1 is 1.27 bits per heavy atom. The van der Waals surface area contributed by atoms with E-state index >= 15 is 0 Å². The van der Waals surface area contributed by atoms with Crippen molar-refractivity contribution >= 4 is 54.1 Å². The second-order valence-corrected chi connectivity index (χ2v) is 7.29. The molecule has 1 aliphatic heterocycles. The van der Waals surface area contributed by atoms with Crippen molar-refractivity contribution in [1.29, 1.82) is 0 Å². The topological polar surface area (TPSA) is 44.8 Å². The number of carbonyl (C=O) groups is 1. The number of hydrogen-bond acceptors (Lipinski definition) is 4. The maximum absolute atomic E-state index is 11.6. The fourth-order valence-corrected chi connectivity index (χ4v) is 3.73. The Labute approximate surface area is 167 Å². The Morgan fingerprint density at radius 3 is 2.73 bits per heavy atom. The zero-order chi connectivity index (χ0) is 18.8. The third-order valence-corrected chi connectivity index (χ3v) is 5.21. The molecule has 8 heteroatoms. The largest absolute Gasteiger partial charge is 0.493 e. The predicted molar refractivity (Wildman–Crippen MR) is 105 cm³/mol. The van der Waals surface area contributed by atoms with Gasteiger partial charge < -0.3 is 14.2 Å². The highest BCUT2D eigenvalue weighted by Crippen LogP contribution is 2.40. The Hall–Kier alpha value is -1.56. The minimum absolute atomic E-state index is 0.0755. The molecule has 0 amide bonds. The van der Waals surface area contributed by atoms with Crippen molar-refractivity contribution in [2.24, 2.45) is 0 Å². The number of carbonyl (C=O) groups excluding carboxylic acids is 1. The maximum Gasteiger partial charge on any atom is 0.306 e. The normalized spacial score (nSPS) is 15.3. The lowest BCUT2D eigenvalue weighted by atomic mass is 9.88. The lowest BCUT2D eigenvalue weighted by Gasteiger charge is -2.15. The first-order valence-electron chi connectivity index (χ1n) is 8.00. The van der Waals surface area contributed by atoms with Crippen molar-refractivity contribution in [3.8, 4) is 11.5 Å². The van der Waals surface area contributed by atoms with Crippen LogP contribution in [0.3, 0.4) is 0 Å². The van der Waals surface area contributed by atoms with Crippen LogP contribution in [0.4, 0.5) is 0 Å². The van der Waals surface area contributed by atoms with Gasteiger partial charge in [-0.2, -0.15) is 0 Å². The number of esters is 1. The molecular formula is C18H16BCl3O4. The van der Waals surface area contributed by atoms with Gasteiger partial charge in [0.1, 0.15) is 26.0 Å². The van der Waals surface area contributed by atoms with Crippen molar-refractivity contribution in [3.05, 3.63) is 50.5 Å². The summed E-state index contributed by atoms with van der Waals surface area (Å²) in [7, 11) is 3.25. The van der Waals surface area contributed by atoms with Gasteiger partial charge in [0.15, 0.2) is 0 Å². The predicted octanol–water partition coefficient (Wildman–Crippen LogP) is 3.52. The van der Waals surface area contributed by atoms with E-state index in [2.05, 4.69) is 0 Å². The van der Waals surface area contributed by atoms with Gasteiger partial charge in [0.2, 0.25) is 0 Å². The van der Waals surface area contributed by atoms with E-state index in [4.69, 9.17) is 49.0 Å². The first kappa shape index (κ1) is 19.2. The summed E-state index contributed by atoms with van der Waals surface area (Å²) < 4.78 is 16.4. The van der Waals surface area contributed by atoms with Gasteiger partial charge >= 0.3 is 5.97 Å². The maximum atomic E-state index is 11.6. The van der Waals surface area contributed by atoms with Gasteiger partial charge in [-0.3, -0.25) is 4.79 Å². The molecule has 4 nitrogen and oxygen atoms in total. The summed E-state index contributed by atoms with van der Waals surface area (Å²) in [4.78, 5) is 11.6. The molecule has 1 heterocycles. The van der Waals surface area contributed by atoms with Gasteiger partial charge in [-0.25, -0.2) is 0 Å². The summed E-state index contributed by atoms with van der Waals surface area (Å²) in [6, 6.07) is 7.02. The van der Waals surface area contributed by atoms with Crippen LogP contribution in [0.2, 0.25) is 15.1 Å². The lowest BCUT2D eigenvalue weighted by molar-refractivity contribution is -0.141. The van der Waals surface area contributed by atoms with Crippen molar-refractivity contribution in [2.45, 2.75) is 18.9 Å². The van der Waals surface area contributed by atoms with E-state index in [9.17, 15) is 4.79 Å². The fraction of sp³-hybridized carbons (Fsp3) is 0.278. The van der Waals surface area contributed by atoms with E-state index in [0.717, 1.165) is 16.6 Å². The zero-order valence-corrected chi connectivity index (χ0v) is 16.5. The Kier molecular flexibility index (Phi) is 5.91. The molecule has 2 aromatic rings. The SMILES string of the molecule is Bc1c(OCc2ccc(Cl)cc2Cl)c(Cl)cc2c1OC[C@H]2CC(=O)OC. The number of benzene rings is 2. The molecular weight excluding hydrogens is 397 g/mol.